The number of carbonyl (C=O) groups is 1. The second-order valence-electron chi connectivity index (χ2n) is 3.34. The van der Waals surface area contributed by atoms with Crippen molar-refractivity contribution in [1.29, 1.82) is 0 Å². The van der Waals surface area contributed by atoms with Crippen molar-refractivity contribution in [2.75, 3.05) is 21.3 Å². The van der Waals surface area contributed by atoms with Crippen LogP contribution in [-0.2, 0) is 11.3 Å². The summed E-state index contributed by atoms with van der Waals surface area (Å²) in [6.45, 7) is 0.122. The maximum absolute atomic E-state index is 11.6. The Balaban J connectivity index is 2.80. The van der Waals surface area contributed by atoms with Crippen molar-refractivity contribution in [3.8, 4) is 17.2 Å². The fraction of sp³-hybridized carbons (Fsp3) is 0.364. The highest BCUT2D eigenvalue weighted by atomic mass is 35.5. The van der Waals surface area contributed by atoms with Crippen molar-refractivity contribution in [2.45, 2.75) is 6.61 Å². The van der Waals surface area contributed by atoms with Gasteiger partial charge in [-0.2, -0.15) is 0 Å². The van der Waals surface area contributed by atoms with Crippen LogP contribution in [0.4, 0.5) is 0 Å². The molecular weight excluding hydrogens is 248 g/mol. The van der Waals surface area contributed by atoms with E-state index in [2.05, 4.69) is 0 Å². The average molecular weight is 259 g/mol. The highest BCUT2D eigenvalue weighted by Gasteiger charge is 2.34. The van der Waals surface area contributed by atoms with E-state index >= 15 is 0 Å². The Morgan fingerprint density at radius 3 is 2.18 bits per heavy atom. The number of ether oxygens (including phenoxy) is 4. The summed E-state index contributed by atoms with van der Waals surface area (Å²) in [6.07, 6.45) is 0. The number of methoxy groups -OCH3 is 3. The van der Waals surface area contributed by atoms with Gasteiger partial charge in [-0.3, -0.25) is 0 Å². The molecule has 6 heteroatoms. The highest BCUT2D eigenvalue weighted by Crippen LogP contribution is 2.49. The molecule has 1 aromatic carbocycles. The van der Waals surface area contributed by atoms with Crippen LogP contribution in [0.1, 0.15) is 15.9 Å². The molecule has 1 aliphatic rings. The number of benzene rings is 1. The van der Waals surface area contributed by atoms with Crippen molar-refractivity contribution in [3.63, 3.8) is 0 Å². The molecule has 0 saturated heterocycles. The van der Waals surface area contributed by atoms with Gasteiger partial charge in [0.2, 0.25) is 5.75 Å². The molecule has 0 aliphatic carbocycles. The zero-order valence-electron chi connectivity index (χ0n) is 9.63. The Bertz CT molecular complexity index is 483. The Hall–Kier alpha value is -1.62. The van der Waals surface area contributed by atoms with Crippen LogP contribution in [0.15, 0.2) is 0 Å². The van der Waals surface area contributed by atoms with Gasteiger partial charge in [-0.25, -0.2) is 4.79 Å². The van der Waals surface area contributed by atoms with Gasteiger partial charge >= 0.3 is 5.97 Å². The maximum atomic E-state index is 11.6. The predicted molar refractivity (Wildman–Crippen MR) is 60.2 cm³/mol. The van der Waals surface area contributed by atoms with E-state index in [4.69, 9.17) is 30.5 Å². The molecule has 1 heterocycles. The lowest BCUT2D eigenvalue weighted by molar-refractivity contribution is 0.0534. The smallest absolute Gasteiger partial charge is 0.340 e. The Morgan fingerprint density at radius 1 is 1.06 bits per heavy atom. The molecule has 0 N–H and O–H groups in total. The first-order chi connectivity index (χ1) is 8.15. The van der Waals surface area contributed by atoms with Crippen LogP contribution in [0.25, 0.3) is 0 Å². The number of hydrogen-bond acceptors (Lipinski definition) is 5. The van der Waals surface area contributed by atoms with E-state index in [0.29, 0.717) is 17.1 Å². The third kappa shape index (κ3) is 1.58. The van der Waals surface area contributed by atoms with Gasteiger partial charge in [-0.05, 0) is 0 Å². The predicted octanol–water partition coefficient (Wildman–Crippen LogP) is 2.04. The number of esters is 1. The fourth-order valence-electron chi connectivity index (χ4n) is 1.84. The zero-order chi connectivity index (χ0) is 12.6. The summed E-state index contributed by atoms with van der Waals surface area (Å²) in [5, 5.41) is 0.183. The van der Waals surface area contributed by atoms with Crippen LogP contribution in [0.3, 0.4) is 0 Å². The van der Waals surface area contributed by atoms with Gasteiger partial charge in [0.05, 0.1) is 32.5 Å². The van der Waals surface area contributed by atoms with Gasteiger partial charge in [0.15, 0.2) is 11.5 Å². The first-order valence-corrected chi connectivity index (χ1v) is 5.20. The second-order valence-corrected chi connectivity index (χ2v) is 3.72. The van der Waals surface area contributed by atoms with Crippen LogP contribution < -0.4 is 14.2 Å². The molecule has 17 heavy (non-hydrogen) atoms. The van der Waals surface area contributed by atoms with Gasteiger partial charge in [0.1, 0.15) is 11.6 Å². The molecule has 0 radical (unpaired) electrons. The number of hydrogen-bond donors (Lipinski definition) is 0. The quantitative estimate of drug-likeness (QED) is 0.777. The zero-order valence-corrected chi connectivity index (χ0v) is 10.4. The van der Waals surface area contributed by atoms with Crippen LogP contribution in [-0.4, -0.2) is 27.3 Å². The van der Waals surface area contributed by atoms with Crippen molar-refractivity contribution in [1.82, 2.24) is 0 Å². The minimum Gasteiger partial charge on any atom is -0.492 e. The molecule has 0 unspecified atom stereocenters. The van der Waals surface area contributed by atoms with Crippen molar-refractivity contribution in [3.05, 3.63) is 16.1 Å². The lowest BCUT2D eigenvalue weighted by Crippen LogP contribution is -2.02. The van der Waals surface area contributed by atoms with Crippen LogP contribution in [0.5, 0.6) is 17.2 Å². The molecule has 0 amide bonds. The molecule has 0 fully saturated rings. The fourth-order valence-corrected chi connectivity index (χ4v) is 2.20. The molecule has 92 valence electrons. The van der Waals surface area contributed by atoms with E-state index in [0.717, 1.165) is 0 Å². The number of cyclic esters (lactones) is 1. The minimum absolute atomic E-state index is 0.122. The SMILES string of the molecule is COc1c(Cl)c2c(c(OC)c1OC)COC2=O. The second kappa shape index (κ2) is 4.33. The summed E-state index contributed by atoms with van der Waals surface area (Å²) < 4.78 is 20.5. The van der Waals surface area contributed by atoms with Crippen molar-refractivity contribution < 1.29 is 23.7 Å². The average Bonchev–Trinajstić information content (AvgIpc) is 2.71. The summed E-state index contributed by atoms with van der Waals surface area (Å²) in [5.41, 5.74) is 0.862. The number of carbonyl (C=O) groups excluding carboxylic acids is 1. The first-order valence-electron chi connectivity index (χ1n) is 4.83. The third-order valence-electron chi connectivity index (χ3n) is 2.57. The van der Waals surface area contributed by atoms with E-state index in [1.54, 1.807) is 0 Å². The number of halogens is 1. The van der Waals surface area contributed by atoms with Gasteiger partial charge < -0.3 is 18.9 Å². The van der Waals surface area contributed by atoms with Crippen molar-refractivity contribution in [2.24, 2.45) is 0 Å². The highest BCUT2D eigenvalue weighted by molar-refractivity contribution is 6.36. The number of rotatable bonds is 3. The Labute approximate surface area is 103 Å². The van der Waals surface area contributed by atoms with Gasteiger partial charge in [0.25, 0.3) is 0 Å². The standard InChI is InChI=1S/C11H11ClO5/c1-14-8-5-4-17-11(13)6(5)7(12)9(15-2)10(8)16-3/h4H2,1-3H3. The van der Waals surface area contributed by atoms with E-state index in [1.165, 1.54) is 21.3 Å². The Kier molecular flexibility index (Phi) is 3.02. The van der Waals surface area contributed by atoms with Gasteiger partial charge in [0, 0.05) is 0 Å². The van der Waals surface area contributed by atoms with Gasteiger partial charge in [-0.1, -0.05) is 11.6 Å². The lowest BCUT2D eigenvalue weighted by atomic mass is 10.1. The van der Waals surface area contributed by atoms with Crippen LogP contribution in [0.2, 0.25) is 5.02 Å². The molecule has 0 saturated carbocycles. The Morgan fingerprint density at radius 2 is 1.65 bits per heavy atom. The van der Waals surface area contributed by atoms with Crippen LogP contribution in [0, 0.1) is 0 Å². The molecule has 0 aromatic heterocycles. The largest absolute Gasteiger partial charge is 0.492 e. The number of fused-ring (bicyclic) bond motifs is 1. The van der Waals surface area contributed by atoms with E-state index in [1.807, 2.05) is 0 Å². The molecule has 1 aliphatic heterocycles. The lowest BCUT2D eigenvalue weighted by Gasteiger charge is -2.15. The topological polar surface area (TPSA) is 54.0 Å². The summed E-state index contributed by atoms with van der Waals surface area (Å²) in [5.74, 6) is 0.555. The molecule has 1 aromatic rings. The molecule has 2 rings (SSSR count). The van der Waals surface area contributed by atoms with Gasteiger partial charge in [-0.15, -0.1) is 0 Å². The van der Waals surface area contributed by atoms with E-state index < -0.39 is 5.97 Å². The summed E-state index contributed by atoms with van der Waals surface area (Å²) in [4.78, 5) is 11.6. The minimum atomic E-state index is -0.482. The molecule has 0 atom stereocenters. The molecular formula is C11H11ClO5. The summed E-state index contributed by atoms with van der Waals surface area (Å²) in [6, 6.07) is 0. The molecule has 0 bridgehead atoms. The molecule has 5 nitrogen and oxygen atoms in total. The van der Waals surface area contributed by atoms with Crippen molar-refractivity contribution >= 4 is 17.6 Å². The third-order valence-corrected chi connectivity index (χ3v) is 2.93. The van der Waals surface area contributed by atoms with Crippen LogP contribution >= 0.6 is 11.6 Å². The monoisotopic (exact) mass is 258 g/mol. The summed E-state index contributed by atoms with van der Waals surface area (Å²) >= 11 is 6.10. The normalized spacial score (nSPS) is 13.1. The molecule has 0 spiro atoms. The van der Waals surface area contributed by atoms with E-state index in [-0.39, 0.29) is 22.9 Å². The maximum Gasteiger partial charge on any atom is 0.340 e. The summed E-state index contributed by atoms with van der Waals surface area (Å²) in [7, 11) is 4.39. The van der Waals surface area contributed by atoms with E-state index in [9.17, 15) is 4.79 Å². The first kappa shape index (κ1) is 11.9.